The van der Waals surface area contributed by atoms with Crippen LogP contribution in [-0.2, 0) is 74.8 Å². The molecular formula is C73H97N11O18. The summed E-state index contributed by atoms with van der Waals surface area (Å²) in [6, 6.07) is 17.9. The highest BCUT2D eigenvalue weighted by Gasteiger charge is 2.39. The van der Waals surface area contributed by atoms with E-state index in [0.29, 0.717) is 100 Å². The molecule has 102 heavy (non-hydrogen) atoms. The van der Waals surface area contributed by atoms with Gasteiger partial charge in [-0.2, -0.15) is 0 Å². The molecule has 29 heteroatoms. The van der Waals surface area contributed by atoms with Crippen molar-refractivity contribution in [3.63, 3.8) is 0 Å². The number of hydrogen-bond donors (Lipinski definition) is 7. The van der Waals surface area contributed by atoms with Gasteiger partial charge in [-0.25, -0.2) is 0 Å². The average Bonchev–Trinajstić information content (AvgIpc) is 1.44. The molecule has 2 saturated heterocycles. The predicted octanol–water partition coefficient (Wildman–Crippen LogP) is 3.94. The first-order valence-corrected chi connectivity index (χ1v) is 34.3. The lowest BCUT2D eigenvalue weighted by atomic mass is 9.98. The van der Waals surface area contributed by atoms with Crippen molar-refractivity contribution in [1.82, 2.24) is 46.4 Å². The van der Waals surface area contributed by atoms with E-state index in [9.17, 15) is 38.4 Å². The molecule has 9 amide bonds. The lowest BCUT2D eigenvalue weighted by Gasteiger charge is -2.29. The van der Waals surface area contributed by atoms with Crippen LogP contribution < -0.4 is 51.4 Å². The van der Waals surface area contributed by atoms with Crippen LogP contribution in [0.3, 0.4) is 0 Å². The summed E-state index contributed by atoms with van der Waals surface area (Å²) < 4.78 is 49.6. The molecule has 552 valence electrons. The zero-order valence-electron chi connectivity index (χ0n) is 59.1. The van der Waals surface area contributed by atoms with E-state index in [1.165, 1.54) is 46.6 Å². The Bertz CT molecular complexity index is 3480. The van der Waals surface area contributed by atoms with Gasteiger partial charge in [-0.15, -0.1) is 0 Å². The van der Waals surface area contributed by atoms with E-state index in [-0.39, 0.29) is 87.3 Å². The monoisotopic (exact) mass is 1420 g/mol. The fourth-order valence-corrected chi connectivity index (χ4v) is 11.2. The van der Waals surface area contributed by atoms with E-state index in [4.69, 9.17) is 42.6 Å². The largest absolute Gasteiger partial charge is 0.491 e. The topological polar surface area (TPSA) is 353 Å². The number of likely N-dealkylation sites (tertiary alicyclic amines) is 2. The maximum atomic E-state index is 15.0. The second-order valence-electron chi connectivity index (χ2n) is 24.9. The normalized spacial score (nSPS) is 15.3. The number of hydrogen-bond acceptors (Lipinski definition) is 20. The number of aromatic nitrogens is 2. The fourth-order valence-electron chi connectivity index (χ4n) is 11.2. The Balaban J connectivity index is 1.09. The number of nitrogens with one attached hydrogen (secondary N) is 7. The van der Waals surface area contributed by atoms with Crippen molar-refractivity contribution < 1.29 is 85.8 Å². The van der Waals surface area contributed by atoms with Gasteiger partial charge in [0.25, 0.3) is 11.8 Å². The molecule has 0 unspecified atom stereocenters. The third-order valence-electron chi connectivity index (χ3n) is 16.6. The SMILES string of the molecule is COCCOCCOc1ccc(C[C@H](NC(=O)c2cccnc2)C(=O)N[C@H](C(=O)N[C@@H](Cc2ccc(OCCOCCOC)cc2)C(=O)N[C@H](C(=O)Nc2cc(OCCOCCOC)cc(C(=O)N3CCC[C@H]3C(=O)NCC(=O)N3CCC[C@H]3C(=O)Nc3cccnc3)c2)C(C)C)C(C)C)cc1. The van der Waals surface area contributed by atoms with Crippen LogP contribution in [0.15, 0.2) is 116 Å². The van der Waals surface area contributed by atoms with Crippen molar-refractivity contribution in [2.75, 3.05) is 131 Å². The number of carbonyl (C=O) groups excluding carboxylic acids is 9. The maximum absolute atomic E-state index is 15.0. The van der Waals surface area contributed by atoms with E-state index in [2.05, 4.69) is 47.2 Å². The zero-order chi connectivity index (χ0) is 73.2. The summed E-state index contributed by atoms with van der Waals surface area (Å²) in [5.41, 5.74) is 2.06. The van der Waals surface area contributed by atoms with Gasteiger partial charge in [-0.1, -0.05) is 52.0 Å². The molecule has 2 aliphatic rings. The van der Waals surface area contributed by atoms with Crippen LogP contribution in [-0.4, -0.2) is 229 Å². The number of benzene rings is 3. The lowest BCUT2D eigenvalue weighted by Crippen LogP contribution is -2.60. The maximum Gasteiger partial charge on any atom is 0.254 e. The first-order valence-electron chi connectivity index (χ1n) is 34.3. The lowest BCUT2D eigenvalue weighted by molar-refractivity contribution is -0.137. The minimum Gasteiger partial charge on any atom is -0.491 e. The highest BCUT2D eigenvalue weighted by Crippen LogP contribution is 2.28. The second-order valence-corrected chi connectivity index (χ2v) is 24.9. The molecule has 0 bridgehead atoms. The summed E-state index contributed by atoms with van der Waals surface area (Å²) in [6.07, 6.45) is 7.61. The van der Waals surface area contributed by atoms with Gasteiger partial charge in [0.1, 0.15) is 73.3 Å². The van der Waals surface area contributed by atoms with Crippen LogP contribution in [0.5, 0.6) is 17.2 Å². The highest BCUT2D eigenvalue weighted by atomic mass is 16.6. The van der Waals surface area contributed by atoms with Crippen molar-refractivity contribution >= 4 is 64.5 Å². The van der Waals surface area contributed by atoms with Gasteiger partial charge in [-0.05, 0) is 109 Å². The number of carbonyl (C=O) groups is 9. The summed E-state index contributed by atoms with van der Waals surface area (Å²) in [4.78, 5) is 139. The van der Waals surface area contributed by atoms with Gasteiger partial charge in [0.2, 0.25) is 41.4 Å². The molecule has 2 aromatic heterocycles. The Morgan fingerprint density at radius 3 is 1.47 bits per heavy atom. The van der Waals surface area contributed by atoms with E-state index < -0.39 is 102 Å². The van der Waals surface area contributed by atoms with Crippen molar-refractivity contribution in [1.29, 1.82) is 0 Å². The summed E-state index contributed by atoms with van der Waals surface area (Å²) in [5.74, 6) is -5.42. The Morgan fingerprint density at radius 2 is 0.961 bits per heavy atom. The van der Waals surface area contributed by atoms with Crippen LogP contribution in [0.2, 0.25) is 0 Å². The average molecular weight is 1420 g/mol. The number of methoxy groups -OCH3 is 3. The predicted molar refractivity (Wildman–Crippen MR) is 376 cm³/mol. The molecule has 7 N–H and O–H groups in total. The van der Waals surface area contributed by atoms with Gasteiger partial charge < -0.3 is 89.6 Å². The first kappa shape index (κ1) is 79.7. The minimum atomic E-state index is -1.37. The minimum absolute atomic E-state index is 0.00417. The molecule has 3 aromatic carbocycles. The number of nitrogens with zero attached hydrogens (tertiary/aromatic N) is 4. The number of pyridine rings is 2. The fraction of sp³-hybridized carbons (Fsp3) is 0.493. The third kappa shape index (κ3) is 25.8. The smallest absolute Gasteiger partial charge is 0.254 e. The molecule has 0 saturated carbocycles. The molecular weight excluding hydrogens is 1320 g/mol. The van der Waals surface area contributed by atoms with E-state index in [0.717, 1.165) is 0 Å². The quantitative estimate of drug-likeness (QED) is 0.0272. The van der Waals surface area contributed by atoms with E-state index >= 15 is 4.79 Å². The number of rotatable bonds is 43. The molecule has 2 fully saturated rings. The number of anilines is 2. The van der Waals surface area contributed by atoms with Crippen molar-refractivity contribution in [2.45, 2.75) is 102 Å². The van der Waals surface area contributed by atoms with E-state index in [1.807, 2.05) is 0 Å². The second kappa shape index (κ2) is 42.6. The Kier molecular flexibility index (Phi) is 33.3. The van der Waals surface area contributed by atoms with Crippen molar-refractivity contribution in [2.24, 2.45) is 11.8 Å². The van der Waals surface area contributed by atoms with Gasteiger partial charge in [-0.3, -0.25) is 53.1 Å². The third-order valence-corrected chi connectivity index (χ3v) is 16.6. The van der Waals surface area contributed by atoms with Gasteiger partial charge in [0.05, 0.1) is 83.5 Å². The molecule has 29 nitrogen and oxygen atoms in total. The van der Waals surface area contributed by atoms with Gasteiger partial charge in [0, 0.05) is 83.2 Å². The molecule has 7 rings (SSSR count). The van der Waals surface area contributed by atoms with Gasteiger partial charge in [0.15, 0.2) is 0 Å². The molecule has 0 aliphatic carbocycles. The van der Waals surface area contributed by atoms with E-state index in [1.54, 1.807) is 128 Å². The Morgan fingerprint density at radius 1 is 0.471 bits per heavy atom. The molecule has 0 spiro atoms. The first-order chi connectivity index (χ1) is 49.3. The summed E-state index contributed by atoms with van der Waals surface area (Å²) >= 11 is 0. The van der Waals surface area contributed by atoms with Crippen molar-refractivity contribution in [3.8, 4) is 17.2 Å². The molecule has 2 aliphatic heterocycles. The zero-order valence-corrected chi connectivity index (χ0v) is 59.1. The van der Waals surface area contributed by atoms with Crippen LogP contribution in [0.25, 0.3) is 0 Å². The standard InChI is InChI=1S/C73H97N11O18/c1-48(2)64(71(91)78-55-42-53(43-58(44-55)102-39-36-99-33-30-96-7)73(93)84-27-11-14-61(84)69(89)76-47-63(85)83-26-10-15-62(83)70(90)77-54-13-9-25-75-46-54)81-68(88)60(41-51-18-22-57(23-19-51)101-38-35-98-32-29-95-6)80-72(92)65(49(3)4)82-67(87)59(79-66(86)52-12-8-24-74-45-52)40-50-16-20-56(21-17-50)100-37-34-97-31-28-94-5/h8-9,12-13,16-25,42-46,48-49,59-62,64-65H,10-11,14-15,26-41,47H2,1-7H3,(H,76,89)(H,77,90)(H,78,91)(H,79,86)(H,80,92)(H,81,88)(H,82,87)/t59-,60-,61-,62-,64-,65-/m0/s1. The Labute approximate surface area is 594 Å². The van der Waals surface area contributed by atoms with Crippen molar-refractivity contribution in [3.05, 3.63) is 138 Å². The van der Waals surface area contributed by atoms with Crippen LogP contribution in [0, 0.1) is 11.8 Å². The van der Waals surface area contributed by atoms with Crippen LogP contribution in [0.1, 0.15) is 85.2 Å². The number of amides is 9. The summed E-state index contributed by atoms with van der Waals surface area (Å²) in [6.45, 7) is 10.6. The molecule has 5 aromatic rings. The molecule has 0 radical (unpaired) electrons. The Hall–Kier alpha value is -9.65. The summed E-state index contributed by atoms with van der Waals surface area (Å²) in [5, 5.41) is 19.8. The van der Waals surface area contributed by atoms with Crippen LogP contribution >= 0.6 is 0 Å². The molecule has 6 atom stereocenters. The number of ether oxygens (including phenoxy) is 9. The summed E-state index contributed by atoms with van der Waals surface area (Å²) in [7, 11) is 4.71. The highest BCUT2D eigenvalue weighted by molar-refractivity contribution is 6.03. The van der Waals surface area contributed by atoms with Crippen LogP contribution in [0.4, 0.5) is 11.4 Å². The molecule has 4 heterocycles. The van der Waals surface area contributed by atoms with Gasteiger partial charge >= 0.3 is 0 Å².